The van der Waals surface area contributed by atoms with Gasteiger partial charge in [-0.25, -0.2) is 0 Å². The van der Waals surface area contributed by atoms with Crippen molar-refractivity contribution < 1.29 is 4.74 Å². The molecule has 1 N–H and O–H groups in total. The number of hydrogen-bond donors (Lipinski definition) is 1. The zero-order valence-corrected chi connectivity index (χ0v) is 5.00. The van der Waals surface area contributed by atoms with Crippen molar-refractivity contribution in [1.29, 1.82) is 0 Å². The van der Waals surface area contributed by atoms with Crippen molar-refractivity contribution in [1.82, 2.24) is 5.32 Å². The summed E-state index contributed by atoms with van der Waals surface area (Å²) in [5, 5.41) is 3.14. The van der Waals surface area contributed by atoms with Gasteiger partial charge in [0.1, 0.15) is 0 Å². The van der Waals surface area contributed by atoms with E-state index in [-0.39, 0.29) is 6.10 Å². The average Bonchev–Trinajstić information content (AvgIpc) is 2.33. The molecule has 1 aliphatic carbocycles. The summed E-state index contributed by atoms with van der Waals surface area (Å²) in [6, 6.07) is 0.301. The van der Waals surface area contributed by atoms with Crippen molar-refractivity contribution in [3.8, 4) is 0 Å². The van der Waals surface area contributed by atoms with Crippen LogP contribution in [-0.4, -0.2) is 18.9 Å². The molecule has 0 saturated carbocycles. The Morgan fingerprint density at radius 3 is 3.56 bits per heavy atom. The van der Waals surface area contributed by atoms with Gasteiger partial charge in [-0.1, -0.05) is 18.2 Å². The first-order chi connectivity index (χ1) is 4.47. The van der Waals surface area contributed by atoms with E-state index in [0.29, 0.717) is 12.8 Å². The van der Waals surface area contributed by atoms with Crippen LogP contribution in [-0.2, 0) is 4.74 Å². The van der Waals surface area contributed by atoms with Gasteiger partial charge in [-0.05, 0) is 6.08 Å². The summed E-state index contributed by atoms with van der Waals surface area (Å²) in [7, 11) is 0. The van der Waals surface area contributed by atoms with E-state index >= 15 is 0 Å². The maximum Gasteiger partial charge on any atom is 0.0980 e. The van der Waals surface area contributed by atoms with Crippen LogP contribution in [0.5, 0.6) is 0 Å². The van der Waals surface area contributed by atoms with Crippen LogP contribution >= 0.6 is 0 Å². The first-order valence-corrected chi connectivity index (χ1v) is 3.08. The number of rotatable bonds is 0. The molecule has 2 aliphatic rings. The maximum atomic E-state index is 5.28. The van der Waals surface area contributed by atoms with E-state index in [4.69, 9.17) is 4.74 Å². The monoisotopic (exact) mass is 122 g/mol. The van der Waals surface area contributed by atoms with Gasteiger partial charge in [0.05, 0.1) is 18.9 Å². The van der Waals surface area contributed by atoms with Crippen LogP contribution in [0.3, 0.4) is 0 Å². The predicted octanol–water partition coefficient (Wildman–Crippen LogP) is 0.230. The number of allylic oxidation sites excluding steroid dienone is 2. The molecule has 0 aromatic rings. The summed E-state index contributed by atoms with van der Waals surface area (Å²) >= 11 is 0. The molecular formula is C7H8NO. The zero-order chi connectivity index (χ0) is 6.10. The SMILES string of the molecule is [C]1=CC=CC2OCNC12. The van der Waals surface area contributed by atoms with Crippen molar-refractivity contribution in [2.75, 3.05) is 6.73 Å². The summed E-state index contributed by atoms with van der Waals surface area (Å²) in [5.74, 6) is 0. The molecule has 2 rings (SSSR count). The minimum atomic E-state index is 0.231. The molecule has 1 fully saturated rings. The second kappa shape index (κ2) is 1.97. The quantitative estimate of drug-likeness (QED) is 0.496. The highest BCUT2D eigenvalue weighted by Gasteiger charge is 2.24. The van der Waals surface area contributed by atoms with Crippen LogP contribution in [0.4, 0.5) is 0 Å². The lowest BCUT2D eigenvalue weighted by atomic mass is 10.1. The minimum absolute atomic E-state index is 0.231. The molecule has 47 valence electrons. The van der Waals surface area contributed by atoms with E-state index in [0.717, 1.165) is 0 Å². The van der Waals surface area contributed by atoms with E-state index in [1.807, 2.05) is 18.2 Å². The third-order valence-corrected chi connectivity index (χ3v) is 1.58. The fourth-order valence-corrected chi connectivity index (χ4v) is 1.09. The van der Waals surface area contributed by atoms with Gasteiger partial charge in [-0.2, -0.15) is 0 Å². The summed E-state index contributed by atoms with van der Waals surface area (Å²) < 4.78 is 5.28. The minimum Gasteiger partial charge on any atom is -0.357 e. The summed E-state index contributed by atoms with van der Waals surface area (Å²) in [6.45, 7) is 0.653. The molecule has 0 aromatic carbocycles. The van der Waals surface area contributed by atoms with Gasteiger partial charge < -0.3 is 4.74 Å². The summed E-state index contributed by atoms with van der Waals surface area (Å²) in [6.07, 6.45) is 9.29. The highest BCUT2D eigenvalue weighted by atomic mass is 16.5. The van der Waals surface area contributed by atoms with Crippen molar-refractivity contribution in [3.63, 3.8) is 0 Å². The first kappa shape index (κ1) is 5.21. The lowest BCUT2D eigenvalue weighted by molar-refractivity contribution is 0.140. The number of nitrogens with one attached hydrogen (secondary N) is 1. The second-order valence-corrected chi connectivity index (χ2v) is 2.18. The molecule has 0 aromatic heterocycles. The molecule has 1 radical (unpaired) electrons. The average molecular weight is 122 g/mol. The van der Waals surface area contributed by atoms with E-state index in [9.17, 15) is 0 Å². The molecule has 9 heavy (non-hydrogen) atoms. The molecule has 1 aliphatic heterocycles. The van der Waals surface area contributed by atoms with Gasteiger partial charge in [0.2, 0.25) is 0 Å². The molecule has 2 unspecified atom stereocenters. The third kappa shape index (κ3) is 0.802. The number of fused-ring (bicyclic) bond motifs is 1. The highest BCUT2D eigenvalue weighted by Crippen LogP contribution is 2.11. The van der Waals surface area contributed by atoms with Crippen LogP contribution in [0.25, 0.3) is 0 Å². The Hall–Kier alpha value is -0.600. The predicted molar refractivity (Wildman–Crippen MR) is 33.6 cm³/mol. The lowest BCUT2D eigenvalue weighted by Gasteiger charge is -2.11. The van der Waals surface area contributed by atoms with Crippen LogP contribution in [0.1, 0.15) is 0 Å². The molecule has 2 heteroatoms. The Balaban J connectivity index is 2.18. The fraction of sp³-hybridized carbons (Fsp3) is 0.429. The van der Waals surface area contributed by atoms with Gasteiger partial charge in [0.25, 0.3) is 0 Å². The first-order valence-electron chi connectivity index (χ1n) is 3.08. The Labute approximate surface area is 54.2 Å². The Morgan fingerprint density at radius 1 is 1.67 bits per heavy atom. The normalized spacial score (nSPS) is 39.1. The third-order valence-electron chi connectivity index (χ3n) is 1.58. The molecular weight excluding hydrogens is 114 g/mol. The van der Waals surface area contributed by atoms with E-state index < -0.39 is 0 Å². The van der Waals surface area contributed by atoms with Crippen LogP contribution < -0.4 is 5.32 Å². The summed E-state index contributed by atoms with van der Waals surface area (Å²) in [4.78, 5) is 0. The van der Waals surface area contributed by atoms with Crippen LogP contribution in [0.2, 0.25) is 0 Å². The topological polar surface area (TPSA) is 21.3 Å². The summed E-state index contributed by atoms with van der Waals surface area (Å²) in [5.41, 5.74) is 0. The van der Waals surface area contributed by atoms with Gasteiger partial charge >= 0.3 is 0 Å². The largest absolute Gasteiger partial charge is 0.357 e. The Bertz CT molecular complexity index is 144. The van der Waals surface area contributed by atoms with Crippen molar-refractivity contribution in [2.24, 2.45) is 0 Å². The van der Waals surface area contributed by atoms with Crippen molar-refractivity contribution in [2.45, 2.75) is 12.1 Å². The molecule has 0 amide bonds. The highest BCUT2D eigenvalue weighted by molar-refractivity contribution is 5.15. The standard InChI is InChI=1S/C7H8NO/c1-2-4-7-6(3-1)8-5-9-7/h1-2,4,6-8H,5H2. The Kier molecular flexibility index (Phi) is 1.14. The molecule has 1 saturated heterocycles. The fourth-order valence-electron chi connectivity index (χ4n) is 1.09. The van der Waals surface area contributed by atoms with Gasteiger partial charge in [-0.15, -0.1) is 0 Å². The molecule has 0 spiro atoms. The van der Waals surface area contributed by atoms with E-state index in [2.05, 4.69) is 11.4 Å². The molecule has 2 atom stereocenters. The molecule has 2 nitrogen and oxygen atoms in total. The zero-order valence-electron chi connectivity index (χ0n) is 5.00. The lowest BCUT2D eigenvalue weighted by Crippen LogP contribution is -2.28. The number of ether oxygens (including phenoxy) is 1. The molecule has 1 heterocycles. The van der Waals surface area contributed by atoms with Crippen molar-refractivity contribution >= 4 is 0 Å². The van der Waals surface area contributed by atoms with Crippen LogP contribution in [0.15, 0.2) is 18.2 Å². The Morgan fingerprint density at radius 2 is 2.67 bits per heavy atom. The van der Waals surface area contributed by atoms with Gasteiger partial charge in [0.15, 0.2) is 0 Å². The van der Waals surface area contributed by atoms with Crippen LogP contribution in [0, 0.1) is 6.08 Å². The van der Waals surface area contributed by atoms with Crippen molar-refractivity contribution in [3.05, 3.63) is 24.3 Å². The van der Waals surface area contributed by atoms with Gasteiger partial charge in [-0.3, -0.25) is 5.32 Å². The van der Waals surface area contributed by atoms with Gasteiger partial charge in [0, 0.05) is 0 Å². The maximum absolute atomic E-state index is 5.28. The van der Waals surface area contributed by atoms with E-state index in [1.54, 1.807) is 0 Å². The number of hydrogen-bond acceptors (Lipinski definition) is 2. The smallest absolute Gasteiger partial charge is 0.0980 e. The molecule has 0 bridgehead atoms. The van der Waals surface area contributed by atoms with E-state index in [1.165, 1.54) is 0 Å². The second-order valence-electron chi connectivity index (χ2n) is 2.18.